The number of rotatable bonds is 6. The molecule has 96 valence electrons. The maximum Gasteiger partial charge on any atom is 0.242 e. The summed E-state index contributed by atoms with van der Waals surface area (Å²) in [6, 6.07) is 8.18. The van der Waals surface area contributed by atoms with E-state index in [-0.39, 0.29) is 18.4 Å². The van der Waals surface area contributed by atoms with E-state index in [1.165, 1.54) is 7.11 Å². The zero-order chi connectivity index (χ0) is 13.6. The molecule has 0 saturated heterocycles. The van der Waals surface area contributed by atoms with Crippen LogP contribution in [0.15, 0.2) is 30.3 Å². The fourth-order valence-corrected chi connectivity index (χ4v) is 1.70. The van der Waals surface area contributed by atoms with Gasteiger partial charge in [-0.1, -0.05) is 30.3 Å². The number of methoxy groups -OCH3 is 1. The molecule has 1 aromatic rings. The average Bonchev–Trinajstić information content (AvgIpc) is 2.39. The SMILES string of the molecule is C#CCC(O)(NC=O)C(O)(OC)c1ccccc1. The Bertz CT molecular complexity index is 442. The molecule has 0 fully saturated rings. The van der Waals surface area contributed by atoms with Gasteiger partial charge in [0.05, 0.1) is 6.42 Å². The van der Waals surface area contributed by atoms with Crippen LogP contribution >= 0.6 is 0 Å². The Kier molecular flexibility index (Phi) is 4.45. The molecule has 3 N–H and O–H groups in total. The standard InChI is InChI=1S/C13H15NO4/c1-3-9-12(16,14-10-15)13(17,18-2)11-7-5-4-6-8-11/h1,4-8,10,16-17H,9H2,2H3,(H,14,15). The number of terminal acetylenes is 1. The van der Waals surface area contributed by atoms with E-state index in [1.54, 1.807) is 30.3 Å². The van der Waals surface area contributed by atoms with Crippen molar-refractivity contribution in [3.63, 3.8) is 0 Å². The van der Waals surface area contributed by atoms with Crippen molar-refractivity contribution in [2.24, 2.45) is 0 Å². The van der Waals surface area contributed by atoms with Crippen LogP contribution in [0.2, 0.25) is 0 Å². The van der Waals surface area contributed by atoms with E-state index in [0.717, 1.165) is 0 Å². The topological polar surface area (TPSA) is 78.8 Å². The Morgan fingerprint density at radius 3 is 2.50 bits per heavy atom. The second-order valence-electron chi connectivity index (χ2n) is 3.72. The molecule has 0 aromatic heterocycles. The third kappa shape index (κ3) is 2.36. The van der Waals surface area contributed by atoms with E-state index in [1.807, 2.05) is 0 Å². The summed E-state index contributed by atoms with van der Waals surface area (Å²) in [6.07, 6.45) is 5.08. The van der Waals surface area contributed by atoms with Gasteiger partial charge in [0.15, 0.2) is 0 Å². The summed E-state index contributed by atoms with van der Waals surface area (Å²) < 4.78 is 4.98. The maximum atomic E-state index is 10.6. The minimum absolute atomic E-state index is 0.254. The molecule has 1 aromatic carbocycles. The number of hydrogen-bond donors (Lipinski definition) is 3. The van der Waals surface area contributed by atoms with Crippen molar-refractivity contribution < 1.29 is 19.7 Å². The van der Waals surface area contributed by atoms with Crippen molar-refractivity contribution in [3.05, 3.63) is 35.9 Å². The summed E-state index contributed by atoms with van der Waals surface area (Å²) in [5.74, 6) is 0.0541. The lowest BCUT2D eigenvalue weighted by molar-refractivity contribution is -0.305. The van der Waals surface area contributed by atoms with Gasteiger partial charge in [0.2, 0.25) is 17.9 Å². The maximum absolute atomic E-state index is 10.6. The van der Waals surface area contributed by atoms with E-state index in [4.69, 9.17) is 11.2 Å². The van der Waals surface area contributed by atoms with E-state index < -0.39 is 11.5 Å². The van der Waals surface area contributed by atoms with E-state index in [9.17, 15) is 15.0 Å². The predicted molar refractivity (Wildman–Crippen MR) is 64.9 cm³/mol. The van der Waals surface area contributed by atoms with Crippen LogP contribution in [0.1, 0.15) is 12.0 Å². The van der Waals surface area contributed by atoms with Crippen molar-refractivity contribution in [1.29, 1.82) is 0 Å². The Hall–Kier alpha value is -1.87. The highest BCUT2D eigenvalue weighted by Crippen LogP contribution is 2.34. The molecule has 1 amide bonds. The monoisotopic (exact) mass is 249 g/mol. The quantitative estimate of drug-likeness (QED) is 0.375. The molecule has 0 spiro atoms. The first-order chi connectivity index (χ1) is 8.54. The van der Waals surface area contributed by atoms with E-state index in [0.29, 0.717) is 0 Å². The molecule has 0 radical (unpaired) electrons. The fourth-order valence-electron chi connectivity index (χ4n) is 1.70. The molecule has 0 saturated carbocycles. The van der Waals surface area contributed by atoms with Gasteiger partial charge in [-0.15, -0.1) is 12.3 Å². The molecule has 2 atom stereocenters. The van der Waals surface area contributed by atoms with Crippen molar-refractivity contribution in [3.8, 4) is 12.3 Å². The number of nitrogens with one attached hydrogen (secondary N) is 1. The molecule has 0 aliphatic rings. The smallest absolute Gasteiger partial charge is 0.242 e. The van der Waals surface area contributed by atoms with Gasteiger partial charge in [0.25, 0.3) is 0 Å². The third-order valence-electron chi connectivity index (χ3n) is 2.68. The van der Waals surface area contributed by atoms with Gasteiger partial charge in [-0.25, -0.2) is 0 Å². The van der Waals surface area contributed by atoms with Crippen LogP contribution in [-0.4, -0.2) is 29.5 Å². The Morgan fingerprint density at radius 1 is 1.44 bits per heavy atom. The number of amides is 1. The first-order valence-electron chi connectivity index (χ1n) is 5.24. The molecule has 5 nitrogen and oxygen atoms in total. The van der Waals surface area contributed by atoms with Crippen LogP contribution in [0.4, 0.5) is 0 Å². The number of benzene rings is 1. The first-order valence-corrected chi connectivity index (χ1v) is 5.24. The summed E-state index contributed by atoms with van der Waals surface area (Å²) >= 11 is 0. The van der Waals surface area contributed by atoms with Gasteiger partial charge in [0, 0.05) is 12.7 Å². The first kappa shape index (κ1) is 14.2. The Balaban J connectivity index is 3.28. The number of ether oxygens (including phenoxy) is 1. The second kappa shape index (κ2) is 5.65. The lowest BCUT2D eigenvalue weighted by Gasteiger charge is -2.40. The second-order valence-corrected chi connectivity index (χ2v) is 3.72. The number of carbonyl (C=O) groups excluding carboxylic acids is 1. The molecular weight excluding hydrogens is 234 g/mol. The molecule has 2 unspecified atom stereocenters. The van der Waals surface area contributed by atoms with Crippen molar-refractivity contribution in [1.82, 2.24) is 5.32 Å². The average molecular weight is 249 g/mol. The minimum Gasteiger partial charge on any atom is -0.365 e. The molecule has 1 rings (SSSR count). The highest BCUT2D eigenvalue weighted by molar-refractivity contribution is 5.48. The zero-order valence-corrected chi connectivity index (χ0v) is 9.96. The fraction of sp³-hybridized carbons (Fsp3) is 0.308. The van der Waals surface area contributed by atoms with E-state index >= 15 is 0 Å². The molecule has 0 bridgehead atoms. The van der Waals surface area contributed by atoms with Gasteiger partial charge in [-0.05, 0) is 0 Å². The molecule has 0 heterocycles. The van der Waals surface area contributed by atoms with Gasteiger partial charge >= 0.3 is 0 Å². The van der Waals surface area contributed by atoms with Gasteiger partial charge in [0.1, 0.15) is 0 Å². The Labute approximate surface area is 105 Å². The Morgan fingerprint density at radius 2 is 2.06 bits per heavy atom. The lowest BCUT2D eigenvalue weighted by atomic mass is 9.91. The van der Waals surface area contributed by atoms with Crippen LogP contribution in [0.25, 0.3) is 0 Å². The summed E-state index contributed by atoms with van der Waals surface area (Å²) in [6.45, 7) is 0. The van der Waals surface area contributed by atoms with Gasteiger partial charge in [-0.2, -0.15) is 0 Å². The third-order valence-corrected chi connectivity index (χ3v) is 2.68. The lowest BCUT2D eigenvalue weighted by Crippen LogP contribution is -2.61. The highest BCUT2D eigenvalue weighted by Gasteiger charge is 2.51. The molecule has 18 heavy (non-hydrogen) atoms. The highest BCUT2D eigenvalue weighted by atomic mass is 16.6. The van der Waals surface area contributed by atoms with Crippen molar-refractivity contribution in [2.45, 2.75) is 17.9 Å². The van der Waals surface area contributed by atoms with Crippen molar-refractivity contribution >= 4 is 6.41 Å². The van der Waals surface area contributed by atoms with Gasteiger partial charge < -0.3 is 20.3 Å². The minimum atomic E-state index is -2.14. The summed E-state index contributed by atoms with van der Waals surface area (Å²) in [5, 5.41) is 22.9. The molecule has 0 aliphatic carbocycles. The predicted octanol–water partition coefficient (Wildman–Crippen LogP) is -0.0640. The summed E-state index contributed by atoms with van der Waals surface area (Å²) in [5.41, 5.74) is -1.83. The zero-order valence-electron chi connectivity index (χ0n) is 9.96. The molecule has 5 heteroatoms. The van der Waals surface area contributed by atoms with Crippen LogP contribution in [-0.2, 0) is 15.3 Å². The van der Waals surface area contributed by atoms with Crippen LogP contribution < -0.4 is 5.32 Å². The number of hydrogen-bond acceptors (Lipinski definition) is 4. The van der Waals surface area contributed by atoms with E-state index in [2.05, 4.69) is 11.2 Å². The van der Waals surface area contributed by atoms with Crippen LogP contribution in [0.5, 0.6) is 0 Å². The van der Waals surface area contributed by atoms with Crippen LogP contribution in [0.3, 0.4) is 0 Å². The number of aliphatic hydroxyl groups is 2. The number of carbonyl (C=O) groups is 1. The van der Waals surface area contributed by atoms with Crippen LogP contribution in [0, 0.1) is 12.3 Å². The molecular formula is C13H15NO4. The summed E-state index contributed by atoms with van der Waals surface area (Å²) in [4.78, 5) is 10.6. The largest absolute Gasteiger partial charge is 0.365 e. The van der Waals surface area contributed by atoms with Gasteiger partial charge in [-0.3, -0.25) is 4.79 Å². The van der Waals surface area contributed by atoms with Crippen molar-refractivity contribution in [2.75, 3.05) is 7.11 Å². The molecule has 0 aliphatic heterocycles. The summed E-state index contributed by atoms with van der Waals surface area (Å²) in [7, 11) is 1.21. The normalized spacial score (nSPS) is 17.0.